The van der Waals surface area contributed by atoms with Gasteiger partial charge in [0.25, 0.3) is 0 Å². The lowest BCUT2D eigenvalue weighted by Crippen LogP contribution is -2.36. The third kappa shape index (κ3) is 3.11. The van der Waals surface area contributed by atoms with Crippen LogP contribution in [0, 0.1) is 5.82 Å². The van der Waals surface area contributed by atoms with Gasteiger partial charge in [-0.2, -0.15) is 0 Å². The predicted octanol–water partition coefficient (Wildman–Crippen LogP) is 4.59. The summed E-state index contributed by atoms with van der Waals surface area (Å²) in [5.74, 6) is -0.351. The number of pyridine rings is 1. The number of aromatic amines is 1. The van der Waals surface area contributed by atoms with Gasteiger partial charge in [-0.25, -0.2) is 14.4 Å². The summed E-state index contributed by atoms with van der Waals surface area (Å²) in [5.41, 5.74) is 5.56. The highest BCUT2D eigenvalue weighted by Gasteiger charge is 2.19. The van der Waals surface area contributed by atoms with Crippen LogP contribution in [0.15, 0.2) is 55.1 Å². The van der Waals surface area contributed by atoms with Crippen LogP contribution in [0.1, 0.15) is 0 Å². The number of anilines is 1. The molecule has 0 aliphatic carbocycles. The molecular formula is C23H18ClFN6O. The third-order valence-corrected chi connectivity index (χ3v) is 6.00. The van der Waals surface area contributed by atoms with Crippen LogP contribution < -0.4 is 4.90 Å². The number of nitrogens with zero attached hydrogens (tertiary/aromatic N) is 5. The van der Waals surface area contributed by atoms with Crippen LogP contribution in [0.25, 0.3) is 38.9 Å². The molecular weight excluding hydrogens is 431 g/mol. The fourth-order valence-electron chi connectivity index (χ4n) is 4.27. The standard InChI is InChI=1S/C23H18ClFN6O/c24-23-27-12-18(29-23)16-10-14(30-6-8-32-9-7-30)11-20-22(16)28-13-31(20)19-4-5-26-21-15(19)2-1-3-17(21)25/h1-5,10-13H,6-9H2,(H,27,29). The number of rotatable bonds is 3. The molecule has 7 nitrogen and oxygen atoms in total. The van der Waals surface area contributed by atoms with Gasteiger partial charge in [0.2, 0.25) is 0 Å². The number of ether oxygens (including phenoxy) is 1. The second-order valence-corrected chi connectivity index (χ2v) is 7.99. The number of halogens is 2. The molecule has 1 N–H and O–H groups in total. The number of imidazole rings is 2. The average molecular weight is 449 g/mol. The topological polar surface area (TPSA) is 71.9 Å². The summed E-state index contributed by atoms with van der Waals surface area (Å²) in [4.78, 5) is 18.5. The first kappa shape index (κ1) is 19.2. The quantitative estimate of drug-likeness (QED) is 0.437. The van der Waals surface area contributed by atoms with Crippen LogP contribution in [-0.4, -0.2) is 50.8 Å². The Hall–Kier alpha value is -3.49. The number of morpholine rings is 1. The Balaban J connectivity index is 1.62. The minimum atomic E-state index is -0.351. The predicted molar refractivity (Wildman–Crippen MR) is 122 cm³/mol. The van der Waals surface area contributed by atoms with Crippen molar-refractivity contribution in [3.8, 4) is 16.9 Å². The fraction of sp³-hybridized carbons (Fsp3) is 0.174. The molecule has 3 aromatic heterocycles. The molecule has 1 aliphatic heterocycles. The first-order chi connectivity index (χ1) is 15.7. The highest BCUT2D eigenvalue weighted by molar-refractivity contribution is 6.28. The maximum atomic E-state index is 14.4. The lowest BCUT2D eigenvalue weighted by Gasteiger charge is -2.29. The van der Waals surface area contributed by atoms with Crippen LogP contribution in [-0.2, 0) is 4.74 Å². The van der Waals surface area contributed by atoms with Gasteiger partial charge < -0.3 is 14.6 Å². The Morgan fingerprint density at radius 3 is 2.72 bits per heavy atom. The summed E-state index contributed by atoms with van der Waals surface area (Å²) in [6.45, 7) is 2.95. The molecule has 0 saturated carbocycles. The normalized spacial score (nSPS) is 14.5. The molecule has 6 rings (SSSR count). The van der Waals surface area contributed by atoms with E-state index in [1.165, 1.54) is 6.07 Å². The Morgan fingerprint density at radius 1 is 1.03 bits per heavy atom. The lowest BCUT2D eigenvalue weighted by molar-refractivity contribution is 0.122. The Kier molecular flexibility index (Phi) is 4.55. The molecule has 32 heavy (non-hydrogen) atoms. The Labute approximate surface area is 187 Å². The van der Waals surface area contributed by atoms with Gasteiger partial charge in [-0.15, -0.1) is 0 Å². The Bertz CT molecular complexity index is 1460. The van der Waals surface area contributed by atoms with E-state index in [4.69, 9.17) is 21.3 Å². The number of benzene rings is 2. The largest absolute Gasteiger partial charge is 0.378 e. The van der Waals surface area contributed by atoms with E-state index >= 15 is 0 Å². The number of para-hydroxylation sites is 1. The van der Waals surface area contributed by atoms with Crippen LogP contribution in [0.5, 0.6) is 0 Å². The molecule has 1 aliphatic rings. The van der Waals surface area contributed by atoms with Crippen molar-refractivity contribution in [3.05, 3.63) is 66.2 Å². The highest BCUT2D eigenvalue weighted by Crippen LogP contribution is 2.35. The van der Waals surface area contributed by atoms with Crippen LogP contribution in [0.3, 0.4) is 0 Å². The van der Waals surface area contributed by atoms with Crippen LogP contribution >= 0.6 is 11.6 Å². The van der Waals surface area contributed by atoms with Gasteiger partial charge in [-0.05, 0) is 35.9 Å². The van der Waals surface area contributed by atoms with E-state index < -0.39 is 0 Å². The van der Waals surface area contributed by atoms with Crippen molar-refractivity contribution in [1.82, 2.24) is 24.5 Å². The molecule has 1 fully saturated rings. The van der Waals surface area contributed by atoms with Gasteiger partial charge in [0.05, 0.1) is 41.8 Å². The molecule has 0 atom stereocenters. The lowest BCUT2D eigenvalue weighted by atomic mass is 10.1. The molecule has 5 aromatic rings. The molecule has 160 valence electrons. The van der Waals surface area contributed by atoms with Gasteiger partial charge in [0.15, 0.2) is 5.28 Å². The monoisotopic (exact) mass is 448 g/mol. The minimum Gasteiger partial charge on any atom is -0.378 e. The molecule has 0 bridgehead atoms. The smallest absolute Gasteiger partial charge is 0.200 e. The summed E-state index contributed by atoms with van der Waals surface area (Å²) >= 11 is 6.07. The van der Waals surface area contributed by atoms with E-state index in [1.54, 1.807) is 24.8 Å². The van der Waals surface area contributed by atoms with Gasteiger partial charge in [-0.1, -0.05) is 12.1 Å². The van der Waals surface area contributed by atoms with E-state index in [-0.39, 0.29) is 5.82 Å². The van der Waals surface area contributed by atoms with E-state index in [2.05, 4.69) is 32.0 Å². The van der Waals surface area contributed by atoms with Crippen molar-refractivity contribution < 1.29 is 9.13 Å². The summed E-state index contributed by atoms with van der Waals surface area (Å²) < 4.78 is 21.9. The molecule has 4 heterocycles. The fourth-order valence-corrected chi connectivity index (χ4v) is 4.42. The molecule has 1 saturated heterocycles. The molecule has 0 radical (unpaired) electrons. The van der Waals surface area contributed by atoms with E-state index in [1.807, 2.05) is 16.7 Å². The molecule has 0 unspecified atom stereocenters. The van der Waals surface area contributed by atoms with Gasteiger partial charge in [0, 0.05) is 35.9 Å². The maximum absolute atomic E-state index is 14.4. The molecule has 9 heteroatoms. The van der Waals surface area contributed by atoms with Crippen molar-refractivity contribution in [3.63, 3.8) is 0 Å². The first-order valence-electron chi connectivity index (χ1n) is 10.3. The van der Waals surface area contributed by atoms with Crippen LogP contribution in [0.2, 0.25) is 5.28 Å². The molecule has 2 aromatic carbocycles. The first-order valence-corrected chi connectivity index (χ1v) is 10.6. The van der Waals surface area contributed by atoms with E-state index in [9.17, 15) is 4.39 Å². The number of hydrogen-bond acceptors (Lipinski definition) is 5. The summed E-state index contributed by atoms with van der Waals surface area (Å²) in [6.07, 6.45) is 5.08. The molecule has 0 amide bonds. The second kappa shape index (κ2) is 7.58. The van der Waals surface area contributed by atoms with E-state index in [0.29, 0.717) is 24.0 Å². The van der Waals surface area contributed by atoms with Crippen molar-refractivity contribution in [2.24, 2.45) is 0 Å². The van der Waals surface area contributed by atoms with Gasteiger partial charge in [0.1, 0.15) is 17.7 Å². The number of hydrogen-bond donors (Lipinski definition) is 1. The summed E-state index contributed by atoms with van der Waals surface area (Å²) in [7, 11) is 0. The van der Waals surface area contributed by atoms with Crippen molar-refractivity contribution in [2.75, 3.05) is 31.2 Å². The number of H-pyrrole nitrogens is 1. The summed E-state index contributed by atoms with van der Waals surface area (Å²) in [5, 5.41) is 1.04. The zero-order valence-electron chi connectivity index (χ0n) is 16.9. The maximum Gasteiger partial charge on any atom is 0.200 e. The number of fused-ring (bicyclic) bond motifs is 2. The van der Waals surface area contributed by atoms with Gasteiger partial charge >= 0.3 is 0 Å². The molecule has 0 spiro atoms. The van der Waals surface area contributed by atoms with E-state index in [0.717, 1.165) is 52.1 Å². The van der Waals surface area contributed by atoms with Crippen molar-refractivity contribution in [1.29, 1.82) is 0 Å². The van der Waals surface area contributed by atoms with Crippen molar-refractivity contribution in [2.45, 2.75) is 0 Å². The Morgan fingerprint density at radius 2 is 1.91 bits per heavy atom. The SMILES string of the molecule is Fc1cccc2c(-n3cnc4c(-c5cnc(Cl)[nH]5)cc(N5CCOCC5)cc43)ccnc12. The zero-order valence-corrected chi connectivity index (χ0v) is 17.7. The van der Waals surface area contributed by atoms with Crippen LogP contribution in [0.4, 0.5) is 10.1 Å². The minimum absolute atomic E-state index is 0.319. The van der Waals surface area contributed by atoms with Crippen molar-refractivity contribution >= 4 is 39.2 Å². The average Bonchev–Trinajstić information content (AvgIpc) is 3.45. The second-order valence-electron chi connectivity index (χ2n) is 7.63. The van der Waals surface area contributed by atoms with Gasteiger partial charge in [-0.3, -0.25) is 9.55 Å². The number of nitrogens with one attached hydrogen (secondary N) is 1. The third-order valence-electron chi connectivity index (χ3n) is 5.81. The summed E-state index contributed by atoms with van der Waals surface area (Å²) in [6, 6.07) is 11.1. The zero-order chi connectivity index (χ0) is 21.7. The number of aromatic nitrogens is 5. The highest BCUT2D eigenvalue weighted by atomic mass is 35.5.